The van der Waals surface area contributed by atoms with Gasteiger partial charge in [-0.2, -0.15) is 10.6 Å². The van der Waals surface area contributed by atoms with Crippen LogP contribution in [0.25, 0.3) is 21.5 Å². The van der Waals surface area contributed by atoms with E-state index in [4.69, 9.17) is 4.84 Å². The number of aryl methyl sites for hydroxylation is 1. The number of aromatic amines is 1. The number of hydrogen-bond donors (Lipinski definition) is 2. The van der Waals surface area contributed by atoms with Crippen molar-refractivity contribution in [3.05, 3.63) is 35.0 Å². The average Bonchev–Trinajstić information content (AvgIpc) is 3.39. The fourth-order valence-corrected chi connectivity index (χ4v) is 5.13. The molecular formula is C19H23N5OS. The molecule has 1 aliphatic heterocycles. The first-order valence-corrected chi connectivity index (χ1v) is 10.0. The Morgan fingerprint density at radius 2 is 2.31 bits per heavy atom. The monoisotopic (exact) mass is 369 g/mol. The average molecular weight is 369 g/mol. The highest BCUT2D eigenvalue weighted by Gasteiger charge is 2.43. The van der Waals surface area contributed by atoms with Crippen LogP contribution < -0.4 is 5.48 Å². The Hall–Kier alpha value is -1.80. The van der Waals surface area contributed by atoms with Crippen molar-refractivity contribution < 1.29 is 4.84 Å². The number of likely N-dealkylation sites (tertiary alicyclic amines) is 1. The zero-order chi connectivity index (χ0) is 17.7. The maximum absolute atomic E-state index is 5.84. The molecule has 26 heavy (non-hydrogen) atoms. The van der Waals surface area contributed by atoms with Crippen LogP contribution in [0, 0.1) is 12.8 Å². The maximum atomic E-state index is 5.84. The predicted octanol–water partition coefficient (Wildman–Crippen LogP) is 3.11. The van der Waals surface area contributed by atoms with Crippen molar-refractivity contribution in [2.24, 2.45) is 5.92 Å². The third-order valence-corrected chi connectivity index (χ3v) is 6.78. The van der Waals surface area contributed by atoms with E-state index in [1.807, 2.05) is 6.92 Å². The van der Waals surface area contributed by atoms with E-state index in [2.05, 4.69) is 56.2 Å². The number of aromatic nitrogens is 3. The molecule has 1 saturated heterocycles. The van der Waals surface area contributed by atoms with Gasteiger partial charge in [0.05, 0.1) is 11.2 Å². The molecule has 3 atom stereocenters. The van der Waals surface area contributed by atoms with Crippen LogP contribution >= 0.6 is 11.3 Å². The second-order valence-electron chi connectivity index (χ2n) is 7.56. The van der Waals surface area contributed by atoms with Gasteiger partial charge in [0.25, 0.3) is 0 Å². The van der Waals surface area contributed by atoms with E-state index in [1.165, 1.54) is 19.4 Å². The zero-order valence-electron chi connectivity index (χ0n) is 15.0. The Morgan fingerprint density at radius 1 is 1.38 bits per heavy atom. The van der Waals surface area contributed by atoms with Crippen LogP contribution in [0.1, 0.15) is 24.2 Å². The lowest BCUT2D eigenvalue weighted by atomic mass is 10.0. The number of fused-ring (bicyclic) bond motifs is 3. The molecule has 7 heteroatoms. The van der Waals surface area contributed by atoms with Gasteiger partial charge in [0.2, 0.25) is 0 Å². The Labute approximate surface area is 156 Å². The number of thiazole rings is 1. The van der Waals surface area contributed by atoms with Gasteiger partial charge in [-0.15, -0.1) is 11.3 Å². The number of nitrogens with zero attached hydrogens (tertiary/aromatic N) is 3. The molecule has 1 aromatic carbocycles. The molecule has 136 valence electrons. The summed E-state index contributed by atoms with van der Waals surface area (Å²) >= 11 is 1.67. The van der Waals surface area contributed by atoms with E-state index >= 15 is 0 Å². The SMILES string of the molecule is Cc1csc(-c2ccc3[nH]nc(CONC4CC5CC4CN5C)c3c2)n1. The quantitative estimate of drug-likeness (QED) is 0.677. The molecule has 5 rings (SSSR count). The molecule has 2 fully saturated rings. The molecule has 0 amide bonds. The Bertz CT molecular complexity index is 933. The highest BCUT2D eigenvalue weighted by molar-refractivity contribution is 7.13. The Balaban J connectivity index is 1.28. The molecule has 1 saturated carbocycles. The molecule has 2 N–H and O–H groups in total. The number of H-pyrrole nitrogens is 1. The molecule has 1 aliphatic carbocycles. The predicted molar refractivity (Wildman–Crippen MR) is 103 cm³/mol. The van der Waals surface area contributed by atoms with Gasteiger partial charge in [0, 0.05) is 40.7 Å². The normalized spacial score (nSPS) is 25.5. The first-order chi connectivity index (χ1) is 12.7. The highest BCUT2D eigenvalue weighted by Crippen LogP contribution is 2.36. The van der Waals surface area contributed by atoms with Crippen molar-refractivity contribution in [2.75, 3.05) is 13.6 Å². The summed E-state index contributed by atoms with van der Waals surface area (Å²) in [5.41, 5.74) is 7.44. The number of piperidine rings is 1. The fraction of sp³-hybridized carbons (Fsp3) is 0.474. The molecule has 3 heterocycles. The van der Waals surface area contributed by atoms with Gasteiger partial charge < -0.3 is 4.90 Å². The van der Waals surface area contributed by atoms with Gasteiger partial charge in [0.1, 0.15) is 11.6 Å². The fourth-order valence-electron chi connectivity index (χ4n) is 4.34. The lowest BCUT2D eigenvalue weighted by Crippen LogP contribution is -2.42. The van der Waals surface area contributed by atoms with Crippen molar-refractivity contribution >= 4 is 22.2 Å². The van der Waals surface area contributed by atoms with Crippen LogP contribution in [-0.4, -0.2) is 45.8 Å². The molecule has 0 spiro atoms. The summed E-state index contributed by atoms with van der Waals surface area (Å²) in [5, 5.41) is 11.8. The highest BCUT2D eigenvalue weighted by atomic mass is 32.1. The largest absolute Gasteiger partial charge is 0.303 e. The van der Waals surface area contributed by atoms with Crippen molar-refractivity contribution in [1.29, 1.82) is 0 Å². The smallest absolute Gasteiger partial charge is 0.123 e. The molecule has 2 aliphatic rings. The van der Waals surface area contributed by atoms with E-state index < -0.39 is 0 Å². The standard InChI is InChI=1S/C19H23N5OS/c1-11-10-26-19(20-11)12-3-4-16-15(6-12)18(22-21-16)9-25-23-17-7-14-5-13(17)8-24(14)2/h3-4,6,10,13-14,17,23H,5,7-9H2,1-2H3,(H,21,22). The van der Waals surface area contributed by atoms with Gasteiger partial charge in [-0.1, -0.05) is 0 Å². The van der Waals surface area contributed by atoms with E-state index in [-0.39, 0.29) is 0 Å². The van der Waals surface area contributed by atoms with Gasteiger partial charge in [-0.05, 0) is 50.9 Å². The minimum Gasteiger partial charge on any atom is -0.303 e. The minimum absolute atomic E-state index is 0.462. The van der Waals surface area contributed by atoms with Crippen LogP contribution in [0.5, 0.6) is 0 Å². The maximum Gasteiger partial charge on any atom is 0.123 e. The summed E-state index contributed by atoms with van der Waals surface area (Å²) in [7, 11) is 2.22. The van der Waals surface area contributed by atoms with Crippen molar-refractivity contribution in [3.8, 4) is 10.6 Å². The van der Waals surface area contributed by atoms with Gasteiger partial charge in [0.15, 0.2) is 0 Å². The van der Waals surface area contributed by atoms with Crippen molar-refractivity contribution in [3.63, 3.8) is 0 Å². The van der Waals surface area contributed by atoms with Crippen LogP contribution in [0.2, 0.25) is 0 Å². The third-order valence-electron chi connectivity index (χ3n) is 5.77. The molecule has 3 unspecified atom stereocenters. The summed E-state index contributed by atoms with van der Waals surface area (Å²) in [4.78, 5) is 12.9. The minimum atomic E-state index is 0.462. The lowest BCUT2D eigenvalue weighted by molar-refractivity contribution is -0.0144. The van der Waals surface area contributed by atoms with Crippen LogP contribution in [0.15, 0.2) is 23.6 Å². The second kappa shape index (κ2) is 6.42. The number of hydrogen-bond acceptors (Lipinski definition) is 6. The van der Waals surface area contributed by atoms with Crippen molar-refractivity contribution in [2.45, 2.75) is 38.5 Å². The van der Waals surface area contributed by atoms with Gasteiger partial charge >= 0.3 is 0 Å². The number of benzene rings is 1. The zero-order valence-corrected chi connectivity index (χ0v) is 15.8. The molecule has 0 radical (unpaired) electrons. The Kier molecular flexibility index (Phi) is 4.04. The second-order valence-corrected chi connectivity index (χ2v) is 8.42. The van der Waals surface area contributed by atoms with Gasteiger partial charge in [-0.25, -0.2) is 4.98 Å². The topological polar surface area (TPSA) is 66.1 Å². The van der Waals surface area contributed by atoms with Crippen LogP contribution in [-0.2, 0) is 11.4 Å². The first kappa shape index (κ1) is 16.4. The first-order valence-electron chi connectivity index (χ1n) is 9.14. The van der Waals surface area contributed by atoms with E-state index in [0.717, 1.165) is 38.9 Å². The Morgan fingerprint density at radius 3 is 3.04 bits per heavy atom. The summed E-state index contributed by atoms with van der Waals surface area (Å²) in [5.74, 6) is 0.709. The number of nitrogens with one attached hydrogen (secondary N) is 2. The van der Waals surface area contributed by atoms with Crippen molar-refractivity contribution in [1.82, 2.24) is 25.6 Å². The molecule has 6 nitrogen and oxygen atoms in total. The van der Waals surface area contributed by atoms with Crippen LogP contribution in [0.4, 0.5) is 0 Å². The number of rotatable bonds is 5. The van der Waals surface area contributed by atoms with Gasteiger partial charge in [-0.3, -0.25) is 9.94 Å². The summed E-state index contributed by atoms with van der Waals surface area (Å²) < 4.78 is 0. The molecule has 2 bridgehead atoms. The summed E-state index contributed by atoms with van der Waals surface area (Å²) in [6.07, 6.45) is 2.47. The van der Waals surface area contributed by atoms with E-state index in [0.29, 0.717) is 18.6 Å². The molecule has 3 aromatic rings. The summed E-state index contributed by atoms with van der Waals surface area (Å²) in [6, 6.07) is 7.50. The van der Waals surface area contributed by atoms with Crippen LogP contribution in [0.3, 0.4) is 0 Å². The molecular weight excluding hydrogens is 346 g/mol. The molecule has 2 aromatic heterocycles. The lowest BCUT2D eigenvalue weighted by Gasteiger charge is -2.28. The summed E-state index contributed by atoms with van der Waals surface area (Å²) in [6.45, 7) is 3.66. The number of hydroxylamine groups is 1. The van der Waals surface area contributed by atoms with E-state index in [9.17, 15) is 0 Å². The van der Waals surface area contributed by atoms with E-state index in [1.54, 1.807) is 11.3 Å². The third kappa shape index (κ3) is 2.85.